The van der Waals surface area contributed by atoms with Crippen molar-refractivity contribution in [3.63, 3.8) is 0 Å². The van der Waals surface area contributed by atoms with Gasteiger partial charge in [-0.2, -0.15) is 0 Å². The molecule has 23 heavy (non-hydrogen) atoms. The zero-order chi connectivity index (χ0) is 16.6. The first-order valence-corrected chi connectivity index (χ1v) is 7.40. The Morgan fingerprint density at radius 2 is 1.70 bits per heavy atom. The van der Waals surface area contributed by atoms with Gasteiger partial charge in [-0.15, -0.1) is 12.4 Å². The number of guanidine groups is 2. The predicted octanol–water partition coefficient (Wildman–Crippen LogP) is -1.40. The van der Waals surface area contributed by atoms with Gasteiger partial charge in [0.05, 0.1) is 0 Å². The summed E-state index contributed by atoms with van der Waals surface area (Å²) in [6, 6.07) is 6.32. The van der Waals surface area contributed by atoms with Crippen molar-refractivity contribution >= 4 is 46.1 Å². The smallest absolute Gasteiger partial charge is 0.458 e. The summed E-state index contributed by atoms with van der Waals surface area (Å²) in [6.45, 7) is 1.87. The molecule has 0 saturated carbocycles. The fourth-order valence-corrected chi connectivity index (χ4v) is 1.79. The number of nitrogens with two attached hydrogens (primary N) is 1. The monoisotopic (exact) mass is 392 g/mol. The topological polar surface area (TPSA) is 137 Å². The molecular weight excluding hydrogens is 374 g/mol. The van der Waals surface area contributed by atoms with Crippen LogP contribution in [0.1, 0.15) is 5.56 Å². The SMILES string of the molecule is CN(C)C(=N)NC(=N)N.Cc1ccc(S(=O)(=O)[N-]Cl)cc1.Cl.[Na+]. The summed E-state index contributed by atoms with van der Waals surface area (Å²) in [5.41, 5.74) is 5.93. The van der Waals surface area contributed by atoms with E-state index in [-0.39, 0.29) is 58.8 Å². The van der Waals surface area contributed by atoms with Crippen LogP contribution >= 0.6 is 24.2 Å². The number of sulfonamides is 1. The first-order valence-electron chi connectivity index (χ1n) is 5.62. The molecule has 0 amide bonds. The number of hydrogen-bond acceptors (Lipinski definition) is 4. The van der Waals surface area contributed by atoms with Crippen molar-refractivity contribution in [2.75, 3.05) is 14.1 Å². The largest absolute Gasteiger partial charge is 1.00 e. The summed E-state index contributed by atoms with van der Waals surface area (Å²) in [5, 5.41) is 16.1. The second kappa shape index (κ2) is 12.8. The van der Waals surface area contributed by atoms with Crippen LogP contribution in [0.4, 0.5) is 0 Å². The molecule has 0 aliphatic carbocycles. The molecule has 12 heteroatoms. The van der Waals surface area contributed by atoms with Crippen LogP contribution < -0.4 is 40.6 Å². The fourth-order valence-electron chi connectivity index (χ4n) is 0.989. The van der Waals surface area contributed by atoms with Crippen molar-refractivity contribution in [2.45, 2.75) is 11.8 Å². The Morgan fingerprint density at radius 3 is 1.96 bits per heavy atom. The van der Waals surface area contributed by atoms with Crippen molar-refractivity contribution < 1.29 is 38.0 Å². The molecular formula is C11H19Cl2N6NaO2S. The van der Waals surface area contributed by atoms with Gasteiger partial charge < -0.3 is 14.9 Å². The average Bonchev–Trinajstić information content (AvgIpc) is 2.39. The molecule has 126 valence electrons. The molecule has 0 unspecified atom stereocenters. The Kier molecular flexibility index (Phi) is 15.2. The van der Waals surface area contributed by atoms with Crippen molar-refractivity contribution in [1.82, 2.24) is 10.2 Å². The summed E-state index contributed by atoms with van der Waals surface area (Å²) >= 11 is 4.90. The zero-order valence-electron chi connectivity index (χ0n) is 13.3. The molecule has 5 N–H and O–H groups in total. The maximum atomic E-state index is 11.0. The van der Waals surface area contributed by atoms with E-state index in [1.54, 1.807) is 26.2 Å². The average molecular weight is 393 g/mol. The maximum absolute atomic E-state index is 11.0. The van der Waals surface area contributed by atoms with Crippen LogP contribution in [0.2, 0.25) is 0 Å². The molecule has 0 fully saturated rings. The first-order chi connectivity index (χ1) is 9.60. The minimum absolute atomic E-state index is 0. The molecule has 1 rings (SSSR count). The normalized spacial score (nSPS) is 9.22. The van der Waals surface area contributed by atoms with Gasteiger partial charge in [0, 0.05) is 19.0 Å². The summed E-state index contributed by atoms with van der Waals surface area (Å²) < 4.78 is 24.8. The third kappa shape index (κ3) is 11.6. The number of nitrogens with one attached hydrogen (secondary N) is 3. The van der Waals surface area contributed by atoms with E-state index in [1.165, 1.54) is 17.0 Å². The van der Waals surface area contributed by atoms with Gasteiger partial charge >= 0.3 is 29.6 Å². The molecule has 0 atom stereocenters. The van der Waals surface area contributed by atoms with Crippen molar-refractivity contribution in [1.29, 1.82) is 10.8 Å². The third-order valence-corrected chi connectivity index (χ3v) is 3.70. The molecule has 0 saturated heterocycles. The van der Waals surface area contributed by atoms with E-state index < -0.39 is 10.0 Å². The van der Waals surface area contributed by atoms with E-state index in [1.807, 2.05) is 6.92 Å². The summed E-state index contributed by atoms with van der Waals surface area (Å²) in [5.74, 6) is -0.101. The fraction of sp³-hybridized carbons (Fsp3) is 0.273. The van der Waals surface area contributed by atoms with Gasteiger partial charge in [0.1, 0.15) is 10.0 Å². The van der Waals surface area contributed by atoms with E-state index in [2.05, 4.69) is 9.56 Å². The van der Waals surface area contributed by atoms with Crippen molar-refractivity contribution in [3.8, 4) is 0 Å². The van der Waals surface area contributed by atoms with Gasteiger partial charge in [0.2, 0.25) is 0 Å². The molecule has 0 heterocycles. The van der Waals surface area contributed by atoms with Gasteiger partial charge in [0.25, 0.3) is 0 Å². The maximum Gasteiger partial charge on any atom is 1.00 e. The Labute approximate surface area is 170 Å². The van der Waals surface area contributed by atoms with Gasteiger partial charge in [-0.05, 0) is 19.1 Å². The molecule has 0 radical (unpaired) electrons. The van der Waals surface area contributed by atoms with Crippen molar-refractivity contribution in [2.24, 2.45) is 5.73 Å². The Balaban J connectivity index is -0.000000332. The number of hydrogen-bond donors (Lipinski definition) is 4. The molecule has 1 aromatic carbocycles. The number of nitrogens with zero attached hydrogens (tertiary/aromatic N) is 2. The summed E-state index contributed by atoms with van der Waals surface area (Å²) in [7, 11) is -0.239. The van der Waals surface area contributed by atoms with Crippen LogP contribution in [-0.2, 0) is 10.0 Å². The quantitative estimate of drug-likeness (QED) is 0.278. The van der Waals surface area contributed by atoms with Crippen LogP contribution in [0, 0.1) is 17.7 Å². The Hall–Kier alpha value is -0.550. The van der Waals surface area contributed by atoms with Gasteiger partial charge in [-0.1, -0.05) is 17.7 Å². The Bertz CT molecular complexity index is 595. The minimum atomic E-state index is -3.62. The summed E-state index contributed by atoms with van der Waals surface area (Å²) in [6.07, 6.45) is 0. The van der Waals surface area contributed by atoms with Gasteiger partial charge in [0.15, 0.2) is 11.9 Å². The van der Waals surface area contributed by atoms with E-state index in [0.29, 0.717) is 0 Å². The van der Waals surface area contributed by atoms with Crippen LogP contribution in [0.15, 0.2) is 29.2 Å². The number of aryl methyl sites for hydroxylation is 1. The first kappa shape index (κ1) is 27.3. The van der Waals surface area contributed by atoms with Gasteiger partial charge in [-0.25, -0.2) is 8.42 Å². The standard InChI is InChI=1S/C7H7ClNO2S.C4H11N5.ClH.Na/c1-6-2-4-7(5-3-6)12(10,11)9-8;1-9(2)4(7)8-3(5)6;;/h2-5H,1H3;1-2H3,(H5,5,6,7,8);1H;/q-1;;;+1. The number of benzene rings is 1. The number of halogens is 2. The zero-order valence-corrected chi connectivity index (χ0v) is 17.7. The summed E-state index contributed by atoms with van der Waals surface area (Å²) in [4.78, 5) is 1.63. The molecule has 0 aromatic heterocycles. The van der Waals surface area contributed by atoms with Crippen LogP contribution in [-0.4, -0.2) is 39.3 Å². The van der Waals surface area contributed by atoms with Crippen LogP contribution in [0.3, 0.4) is 0 Å². The molecule has 8 nitrogen and oxygen atoms in total. The number of rotatable bonds is 2. The predicted molar refractivity (Wildman–Crippen MR) is 91.3 cm³/mol. The van der Waals surface area contributed by atoms with Crippen LogP contribution in [0.5, 0.6) is 0 Å². The molecule has 0 spiro atoms. The van der Waals surface area contributed by atoms with Gasteiger partial charge in [-0.3, -0.25) is 27.9 Å². The molecule has 0 aliphatic rings. The minimum Gasteiger partial charge on any atom is -0.458 e. The van der Waals surface area contributed by atoms with E-state index in [9.17, 15) is 8.42 Å². The molecule has 0 bridgehead atoms. The van der Waals surface area contributed by atoms with E-state index in [0.717, 1.165) is 5.56 Å². The van der Waals surface area contributed by atoms with E-state index in [4.69, 9.17) is 28.3 Å². The third-order valence-electron chi connectivity index (χ3n) is 2.11. The molecule has 0 aliphatic heterocycles. The second-order valence-corrected chi connectivity index (χ2v) is 6.11. The van der Waals surface area contributed by atoms with Crippen LogP contribution in [0.25, 0.3) is 4.24 Å². The Morgan fingerprint density at radius 1 is 1.26 bits per heavy atom. The second-order valence-electron chi connectivity index (χ2n) is 4.14. The molecule has 1 aromatic rings. The van der Waals surface area contributed by atoms with E-state index >= 15 is 0 Å². The van der Waals surface area contributed by atoms with Crippen molar-refractivity contribution in [3.05, 3.63) is 34.1 Å².